The number of carbonyl (C=O) groups is 2. The second-order valence-corrected chi connectivity index (χ2v) is 7.35. The second-order valence-electron chi connectivity index (χ2n) is 7.35. The van der Waals surface area contributed by atoms with Gasteiger partial charge in [-0.25, -0.2) is 4.79 Å². The predicted octanol–water partition coefficient (Wildman–Crippen LogP) is 4.00. The third-order valence-corrected chi connectivity index (χ3v) is 4.30. The largest absolute Gasteiger partial charge is 0.466 e. The van der Waals surface area contributed by atoms with Crippen LogP contribution in [-0.2, 0) is 14.3 Å². The Hall–Kier alpha value is -1.26. The van der Waals surface area contributed by atoms with Crippen molar-refractivity contribution in [3.8, 4) is 0 Å². The maximum Gasteiger partial charge on any atom is 0.410 e. The number of piperidine rings is 1. The van der Waals surface area contributed by atoms with E-state index >= 15 is 0 Å². The molecular formula is C18H33NO4. The van der Waals surface area contributed by atoms with Crippen LogP contribution < -0.4 is 0 Å². The number of carbonyl (C=O) groups excluding carboxylic acids is 2. The molecule has 23 heavy (non-hydrogen) atoms. The van der Waals surface area contributed by atoms with Crippen molar-refractivity contribution in [3.05, 3.63) is 0 Å². The summed E-state index contributed by atoms with van der Waals surface area (Å²) in [5.74, 6) is 0.525. The molecular weight excluding hydrogens is 294 g/mol. The molecule has 1 saturated heterocycles. The van der Waals surface area contributed by atoms with Crippen LogP contribution in [0.4, 0.5) is 4.79 Å². The summed E-state index contributed by atoms with van der Waals surface area (Å²) in [6.45, 7) is 11.5. The molecule has 1 unspecified atom stereocenters. The van der Waals surface area contributed by atoms with Crippen LogP contribution in [0.1, 0.15) is 66.7 Å². The minimum atomic E-state index is -0.443. The zero-order valence-electron chi connectivity index (χ0n) is 15.4. The molecule has 0 aromatic heterocycles. The van der Waals surface area contributed by atoms with Crippen molar-refractivity contribution < 1.29 is 19.1 Å². The summed E-state index contributed by atoms with van der Waals surface area (Å²) in [7, 11) is 0. The van der Waals surface area contributed by atoms with Crippen molar-refractivity contribution in [2.75, 3.05) is 19.7 Å². The van der Waals surface area contributed by atoms with E-state index in [9.17, 15) is 9.59 Å². The smallest absolute Gasteiger partial charge is 0.410 e. The third-order valence-electron chi connectivity index (χ3n) is 4.30. The number of hydrogen-bond acceptors (Lipinski definition) is 4. The predicted molar refractivity (Wildman–Crippen MR) is 90.2 cm³/mol. The van der Waals surface area contributed by atoms with Crippen molar-refractivity contribution in [1.29, 1.82) is 0 Å². The van der Waals surface area contributed by atoms with Crippen molar-refractivity contribution >= 4 is 12.1 Å². The highest BCUT2D eigenvalue weighted by molar-refractivity contribution is 5.72. The Labute approximate surface area is 140 Å². The lowest BCUT2D eigenvalue weighted by Gasteiger charge is -2.33. The van der Waals surface area contributed by atoms with Crippen LogP contribution in [0.2, 0.25) is 0 Å². The minimum Gasteiger partial charge on any atom is -0.466 e. The number of esters is 1. The molecule has 1 atom stereocenters. The molecule has 134 valence electrons. The van der Waals surface area contributed by atoms with Crippen molar-refractivity contribution in [1.82, 2.24) is 4.90 Å². The summed E-state index contributed by atoms with van der Waals surface area (Å²) in [6.07, 6.45) is 4.49. The Morgan fingerprint density at radius 3 is 2.26 bits per heavy atom. The third kappa shape index (κ3) is 7.23. The van der Waals surface area contributed by atoms with Crippen molar-refractivity contribution in [2.45, 2.75) is 72.3 Å². The van der Waals surface area contributed by atoms with E-state index in [1.54, 1.807) is 4.90 Å². The average Bonchev–Trinajstić information content (AvgIpc) is 2.47. The fourth-order valence-electron chi connectivity index (χ4n) is 2.92. The standard InChI is InChI=1S/C18H33NO4/c1-6-15(16(20)22-7-2)9-8-14-10-12-19(13-11-14)17(21)23-18(3,4)5/h14-15H,6-13H2,1-5H3. The molecule has 1 fully saturated rings. The molecule has 0 aromatic carbocycles. The molecule has 1 rings (SSSR count). The SMILES string of the molecule is CCOC(=O)C(CC)CCC1CCN(C(=O)OC(C)(C)C)CC1. The highest BCUT2D eigenvalue weighted by atomic mass is 16.6. The first-order valence-electron chi connectivity index (χ1n) is 8.91. The fraction of sp³-hybridized carbons (Fsp3) is 0.889. The van der Waals surface area contributed by atoms with Gasteiger partial charge in [-0.1, -0.05) is 6.92 Å². The monoisotopic (exact) mass is 327 g/mol. The van der Waals surface area contributed by atoms with Crippen LogP contribution in [0.3, 0.4) is 0 Å². The van der Waals surface area contributed by atoms with E-state index in [0.29, 0.717) is 12.5 Å². The molecule has 0 bridgehead atoms. The minimum absolute atomic E-state index is 0.0128. The fourth-order valence-corrected chi connectivity index (χ4v) is 2.92. The van der Waals surface area contributed by atoms with Crippen LogP contribution in [0.5, 0.6) is 0 Å². The van der Waals surface area contributed by atoms with E-state index in [2.05, 4.69) is 0 Å². The van der Waals surface area contributed by atoms with E-state index in [-0.39, 0.29) is 18.0 Å². The van der Waals surface area contributed by atoms with Gasteiger partial charge in [0.1, 0.15) is 5.60 Å². The number of hydrogen-bond donors (Lipinski definition) is 0. The first-order chi connectivity index (χ1) is 10.8. The van der Waals surface area contributed by atoms with Crippen LogP contribution in [-0.4, -0.2) is 42.3 Å². The lowest BCUT2D eigenvalue weighted by Crippen LogP contribution is -2.41. The Bertz CT molecular complexity index is 381. The Kier molecular flexibility index (Phi) is 7.86. The first kappa shape index (κ1) is 19.8. The molecule has 0 aromatic rings. The van der Waals surface area contributed by atoms with Gasteiger partial charge in [-0.15, -0.1) is 0 Å². The Balaban J connectivity index is 2.33. The Morgan fingerprint density at radius 2 is 1.78 bits per heavy atom. The van der Waals surface area contributed by atoms with Gasteiger partial charge in [-0.05, 0) is 65.7 Å². The summed E-state index contributed by atoms with van der Waals surface area (Å²) in [6, 6.07) is 0. The van der Waals surface area contributed by atoms with E-state index < -0.39 is 5.60 Å². The quantitative estimate of drug-likeness (QED) is 0.692. The van der Waals surface area contributed by atoms with Gasteiger partial charge in [0.25, 0.3) is 0 Å². The molecule has 0 aliphatic carbocycles. The number of amides is 1. The molecule has 0 saturated carbocycles. The van der Waals surface area contributed by atoms with E-state index in [0.717, 1.165) is 45.2 Å². The van der Waals surface area contributed by atoms with E-state index in [4.69, 9.17) is 9.47 Å². The van der Waals surface area contributed by atoms with Crippen LogP contribution in [0.25, 0.3) is 0 Å². The van der Waals surface area contributed by atoms with Gasteiger partial charge in [-0.2, -0.15) is 0 Å². The highest BCUT2D eigenvalue weighted by Gasteiger charge is 2.27. The average molecular weight is 327 g/mol. The first-order valence-corrected chi connectivity index (χ1v) is 8.91. The summed E-state index contributed by atoms with van der Waals surface area (Å²) in [5, 5.41) is 0. The highest BCUT2D eigenvalue weighted by Crippen LogP contribution is 2.26. The number of rotatable bonds is 6. The van der Waals surface area contributed by atoms with Crippen LogP contribution in [0.15, 0.2) is 0 Å². The molecule has 1 aliphatic rings. The van der Waals surface area contributed by atoms with Gasteiger partial charge in [0.15, 0.2) is 0 Å². The topological polar surface area (TPSA) is 55.8 Å². The maximum atomic E-state index is 12.0. The number of ether oxygens (including phenoxy) is 2. The molecule has 1 heterocycles. The van der Waals surface area contributed by atoms with Crippen LogP contribution >= 0.6 is 0 Å². The zero-order chi connectivity index (χ0) is 17.5. The van der Waals surface area contributed by atoms with Gasteiger partial charge in [0.2, 0.25) is 0 Å². The van der Waals surface area contributed by atoms with E-state index in [1.165, 1.54) is 0 Å². The second kappa shape index (κ2) is 9.14. The lowest BCUT2D eigenvalue weighted by atomic mass is 9.88. The van der Waals surface area contributed by atoms with E-state index in [1.807, 2.05) is 34.6 Å². The van der Waals surface area contributed by atoms with Crippen LogP contribution in [0, 0.1) is 11.8 Å². The van der Waals surface area contributed by atoms with Gasteiger partial charge in [-0.3, -0.25) is 4.79 Å². The molecule has 1 aliphatic heterocycles. The zero-order valence-corrected chi connectivity index (χ0v) is 15.4. The molecule has 0 radical (unpaired) electrons. The van der Waals surface area contributed by atoms with Crippen molar-refractivity contribution in [3.63, 3.8) is 0 Å². The van der Waals surface area contributed by atoms with Crippen molar-refractivity contribution in [2.24, 2.45) is 11.8 Å². The van der Waals surface area contributed by atoms with Gasteiger partial charge < -0.3 is 14.4 Å². The summed E-state index contributed by atoms with van der Waals surface area (Å²) < 4.78 is 10.5. The lowest BCUT2D eigenvalue weighted by molar-refractivity contribution is -0.148. The molecule has 1 amide bonds. The van der Waals surface area contributed by atoms with Gasteiger partial charge in [0, 0.05) is 13.1 Å². The molecule has 0 spiro atoms. The number of likely N-dealkylation sites (tertiary alicyclic amines) is 1. The van der Waals surface area contributed by atoms with Gasteiger partial charge >= 0.3 is 12.1 Å². The Morgan fingerprint density at radius 1 is 1.17 bits per heavy atom. The van der Waals surface area contributed by atoms with Gasteiger partial charge in [0.05, 0.1) is 12.5 Å². The maximum absolute atomic E-state index is 12.0. The molecule has 0 N–H and O–H groups in total. The molecule has 5 nitrogen and oxygen atoms in total. The number of nitrogens with zero attached hydrogens (tertiary/aromatic N) is 1. The summed E-state index contributed by atoms with van der Waals surface area (Å²) in [4.78, 5) is 25.7. The normalized spacial score (nSPS) is 17.7. The summed E-state index contributed by atoms with van der Waals surface area (Å²) >= 11 is 0. The molecule has 5 heteroatoms. The summed E-state index contributed by atoms with van der Waals surface area (Å²) in [5.41, 5.74) is -0.443.